The van der Waals surface area contributed by atoms with E-state index in [1.165, 1.54) is 38.0 Å². The van der Waals surface area contributed by atoms with Crippen molar-refractivity contribution in [2.45, 2.75) is 45.6 Å². The summed E-state index contributed by atoms with van der Waals surface area (Å²) in [5.74, 6) is 1.32. The topological polar surface area (TPSA) is 12.0 Å². The highest BCUT2D eigenvalue weighted by Gasteiger charge is 1.95. The van der Waals surface area contributed by atoms with E-state index in [0.29, 0.717) is 6.04 Å². The van der Waals surface area contributed by atoms with Crippen LogP contribution >= 0.6 is 11.8 Å². The molecule has 0 aliphatic carbocycles. The Kier molecular flexibility index (Phi) is 9.64. The first-order chi connectivity index (χ1) is 5.81. The first kappa shape index (κ1) is 12.3. The fourth-order valence-corrected chi connectivity index (χ4v) is 1.53. The summed E-state index contributed by atoms with van der Waals surface area (Å²) < 4.78 is 0. The van der Waals surface area contributed by atoms with E-state index >= 15 is 0 Å². The number of thioether (sulfide) groups is 1. The van der Waals surface area contributed by atoms with Gasteiger partial charge in [-0.1, -0.05) is 13.3 Å². The summed E-state index contributed by atoms with van der Waals surface area (Å²) in [7, 11) is 0. The third-order valence-corrected chi connectivity index (χ3v) is 2.83. The fourth-order valence-electron chi connectivity index (χ4n) is 1.04. The predicted octanol–water partition coefficient (Wildman–Crippen LogP) is 2.91. The molecule has 0 radical (unpaired) electrons. The van der Waals surface area contributed by atoms with E-state index in [-0.39, 0.29) is 0 Å². The summed E-state index contributed by atoms with van der Waals surface area (Å²) >= 11 is 1.95. The van der Waals surface area contributed by atoms with Crippen molar-refractivity contribution in [3.05, 3.63) is 0 Å². The minimum absolute atomic E-state index is 0.700. The van der Waals surface area contributed by atoms with Gasteiger partial charge in [-0.3, -0.25) is 0 Å². The molecule has 0 aromatic carbocycles. The van der Waals surface area contributed by atoms with Crippen molar-refractivity contribution >= 4 is 11.8 Å². The number of rotatable bonds is 8. The molecule has 0 aromatic heterocycles. The smallest absolute Gasteiger partial charge is 0.00360 e. The van der Waals surface area contributed by atoms with Crippen LogP contribution in [0.1, 0.15) is 39.5 Å². The molecular weight excluding hydrogens is 166 g/mol. The molecule has 0 amide bonds. The Morgan fingerprint density at radius 3 is 2.58 bits per heavy atom. The third kappa shape index (κ3) is 8.41. The molecule has 0 saturated carbocycles. The molecule has 12 heavy (non-hydrogen) atoms. The second-order valence-electron chi connectivity index (χ2n) is 3.32. The molecule has 1 unspecified atom stereocenters. The molecule has 0 bridgehead atoms. The highest BCUT2D eigenvalue weighted by Crippen LogP contribution is 2.01. The van der Waals surface area contributed by atoms with Crippen LogP contribution in [0.2, 0.25) is 0 Å². The van der Waals surface area contributed by atoms with Crippen molar-refractivity contribution in [2.75, 3.05) is 18.6 Å². The maximum absolute atomic E-state index is 3.50. The average Bonchev–Trinajstić information content (AvgIpc) is 2.10. The molecule has 0 aromatic rings. The SMILES string of the molecule is CCC(C)NCCCCCSC. The number of unbranched alkanes of at least 4 members (excludes halogenated alkanes) is 2. The molecule has 2 heteroatoms. The van der Waals surface area contributed by atoms with Crippen molar-refractivity contribution in [1.82, 2.24) is 5.32 Å². The third-order valence-electron chi connectivity index (χ3n) is 2.13. The van der Waals surface area contributed by atoms with Crippen LogP contribution in [-0.4, -0.2) is 24.6 Å². The Labute approximate surface area is 81.7 Å². The largest absolute Gasteiger partial charge is 0.314 e. The minimum atomic E-state index is 0.700. The molecule has 1 N–H and O–H groups in total. The lowest BCUT2D eigenvalue weighted by atomic mass is 10.2. The lowest BCUT2D eigenvalue weighted by molar-refractivity contribution is 0.515. The van der Waals surface area contributed by atoms with Gasteiger partial charge in [0.05, 0.1) is 0 Å². The van der Waals surface area contributed by atoms with E-state index in [1.807, 2.05) is 11.8 Å². The van der Waals surface area contributed by atoms with E-state index < -0.39 is 0 Å². The van der Waals surface area contributed by atoms with Gasteiger partial charge in [0.15, 0.2) is 0 Å². The monoisotopic (exact) mass is 189 g/mol. The number of hydrogen-bond acceptors (Lipinski definition) is 2. The zero-order valence-electron chi connectivity index (χ0n) is 8.73. The fraction of sp³-hybridized carbons (Fsp3) is 1.00. The van der Waals surface area contributed by atoms with Gasteiger partial charge < -0.3 is 5.32 Å². The number of hydrogen-bond donors (Lipinski definition) is 1. The van der Waals surface area contributed by atoms with E-state index in [0.717, 1.165) is 0 Å². The van der Waals surface area contributed by atoms with Crippen molar-refractivity contribution in [3.8, 4) is 0 Å². The Bertz CT molecular complexity index is 85.9. The standard InChI is InChI=1S/C10H23NS/c1-4-10(2)11-8-6-5-7-9-12-3/h10-11H,4-9H2,1-3H3. The minimum Gasteiger partial charge on any atom is -0.314 e. The first-order valence-corrected chi connectivity index (χ1v) is 6.43. The van der Waals surface area contributed by atoms with Crippen molar-refractivity contribution in [2.24, 2.45) is 0 Å². The molecule has 0 spiro atoms. The Morgan fingerprint density at radius 1 is 1.25 bits per heavy atom. The zero-order chi connectivity index (χ0) is 9.23. The first-order valence-electron chi connectivity index (χ1n) is 5.03. The van der Waals surface area contributed by atoms with Gasteiger partial charge in [0, 0.05) is 6.04 Å². The van der Waals surface area contributed by atoms with Crippen LogP contribution in [0.5, 0.6) is 0 Å². The average molecular weight is 189 g/mol. The highest BCUT2D eigenvalue weighted by molar-refractivity contribution is 7.98. The van der Waals surface area contributed by atoms with Gasteiger partial charge in [-0.2, -0.15) is 11.8 Å². The Balaban J connectivity index is 2.90. The predicted molar refractivity (Wildman–Crippen MR) is 60.0 cm³/mol. The van der Waals surface area contributed by atoms with Crippen LogP contribution in [0.15, 0.2) is 0 Å². The molecule has 1 atom stereocenters. The lowest BCUT2D eigenvalue weighted by Crippen LogP contribution is -2.25. The van der Waals surface area contributed by atoms with E-state index in [1.54, 1.807) is 0 Å². The molecule has 0 aliphatic heterocycles. The second kappa shape index (κ2) is 9.40. The molecule has 1 nitrogen and oxygen atoms in total. The maximum atomic E-state index is 3.50. The summed E-state index contributed by atoms with van der Waals surface area (Å²) in [5.41, 5.74) is 0. The lowest BCUT2D eigenvalue weighted by Gasteiger charge is -2.10. The van der Waals surface area contributed by atoms with Crippen molar-refractivity contribution in [1.29, 1.82) is 0 Å². The van der Waals surface area contributed by atoms with E-state index in [4.69, 9.17) is 0 Å². The zero-order valence-corrected chi connectivity index (χ0v) is 9.54. The van der Waals surface area contributed by atoms with Gasteiger partial charge in [-0.05, 0) is 44.7 Å². The number of nitrogens with one attached hydrogen (secondary N) is 1. The molecule has 0 aliphatic rings. The van der Waals surface area contributed by atoms with E-state index in [2.05, 4.69) is 25.4 Å². The quantitative estimate of drug-likeness (QED) is 0.589. The maximum Gasteiger partial charge on any atom is 0.00360 e. The van der Waals surface area contributed by atoms with Gasteiger partial charge >= 0.3 is 0 Å². The van der Waals surface area contributed by atoms with E-state index in [9.17, 15) is 0 Å². The molecule has 74 valence electrons. The molecular formula is C10H23NS. The molecule has 0 saturated heterocycles. The van der Waals surface area contributed by atoms with Gasteiger partial charge in [0.2, 0.25) is 0 Å². The van der Waals surface area contributed by atoms with Gasteiger partial charge in [0.25, 0.3) is 0 Å². The van der Waals surface area contributed by atoms with Gasteiger partial charge in [0.1, 0.15) is 0 Å². The van der Waals surface area contributed by atoms with Crippen LogP contribution < -0.4 is 5.32 Å². The summed E-state index contributed by atoms with van der Waals surface area (Å²) in [4.78, 5) is 0. The molecule has 0 rings (SSSR count). The van der Waals surface area contributed by atoms with Crippen molar-refractivity contribution in [3.63, 3.8) is 0 Å². The summed E-state index contributed by atoms with van der Waals surface area (Å²) in [6, 6.07) is 0.700. The second-order valence-corrected chi connectivity index (χ2v) is 4.30. The van der Waals surface area contributed by atoms with Crippen LogP contribution in [0, 0.1) is 0 Å². The summed E-state index contributed by atoms with van der Waals surface area (Å²) in [6.07, 6.45) is 7.51. The molecule has 0 fully saturated rings. The van der Waals surface area contributed by atoms with Crippen LogP contribution in [0.25, 0.3) is 0 Å². The van der Waals surface area contributed by atoms with Crippen molar-refractivity contribution < 1.29 is 0 Å². The Hall–Kier alpha value is 0.310. The summed E-state index contributed by atoms with van der Waals surface area (Å²) in [5, 5.41) is 3.50. The van der Waals surface area contributed by atoms with Crippen LogP contribution in [0.3, 0.4) is 0 Å². The van der Waals surface area contributed by atoms with Gasteiger partial charge in [-0.25, -0.2) is 0 Å². The summed E-state index contributed by atoms with van der Waals surface area (Å²) in [6.45, 7) is 5.68. The molecule has 0 heterocycles. The van der Waals surface area contributed by atoms with Crippen LogP contribution in [0.4, 0.5) is 0 Å². The Morgan fingerprint density at radius 2 is 2.00 bits per heavy atom. The normalized spacial score (nSPS) is 13.2. The highest BCUT2D eigenvalue weighted by atomic mass is 32.2. The van der Waals surface area contributed by atoms with Crippen LogP contribution in [-0.2, 0) is 0 Å². The van der Waals surface area contributed by atoms with Gasteiger partial charge in [-0.15, -0.1) is 0 Å².